The molecule has 3 aromatic rings. The number of halogens is 2. The third kappa shape index (κ3) is 4.42. The minimum atomic E-state index is -0.678. The molecule has 1 atom stereocenters. The summed E-state index contributed by atoms with van der Waals surface area (Å²) >= 11 is 9.27. The van der Waals surface area contributed by atoms with Gasteiger partial charge in [-0.15, -0.1) is 0 Å². The largest absolute Gasteiger partial charge is 0.480 e. The van der Waals surface area contributed by atoms with Crippen molar-refractivity contribution in [3.8, 4) is 17.1 Å². The highest BCUT2D eigenvalue weighted by Crippen LogP contribution is 2.29. The molecule has 0 spiro atoms. The Kier molecular flexibility index (Phi) is 5.58. The Bertz CT molecular complexity index is 927. The van der Waals surface area contributed by atoms with Crippen molar-refractivity contribution < 1.29 is 9.53 Å². The highest BCUT2D eigenvalue weighted by Gasteiger charge is 2.16. The fourth-order valence-corrected chi connectivity index (χ4v) is 3.01. The number of aryl methyl sites for hydroxylation is 1. The van der Waals surface area contributed by atoms with Gasteiger partial charge in [0, 0.05) is 16.3 Å². The summed E-state index contributed by atoms with van der Waals surface area (Å²) in [5.74, 6) is 1.65. The minimum Gasteiger partial charge on any atom is -0.480 e. The monoisotopic (exact) mass is 434 g/mol. The topological polar surface area (TPSA) is 79.9 Å². The smallest absolute Gasteiger partial charge is 0.265 e. The maximum atomic E-state index is 12.3. The van der Waals surface area contributed by atoms with E-state index in [9.17, 15) is 4.79 Å². The number of H-pyrrole nitrogens is 1. The average molecular weight is 436 g/mol. The van der Waals surface area contributed by atoms with Crippen LogP contribution in [0.4, 0.5) is 5.69 Å². The molecule has 0 aliphatic rings. The predicted octanol–water partition coefficient (Wildman–Crippen LogP) is 4.60. The summed E-state index contributed by atoms with van der Waals surface area (Å²) in [6.07, 6.45) is -0.678. The van der Waals surface area contributed by atoms with Crippen LogP contribution in [0.2, 0.25) is 5.02 Å². The van der Waals surface area contributed by atoms with Gasteiger partial charge in [-0.3, -0.25) is 9.89 Å². The summed E-state index contributed by atoms with van der Waals surface area (Å²) in [5.41, 5.74) is 1.53. The number of rotatable bonds is 5. The first-order valence-corrected chi connectivity index (χ1v) is 9.01. The van der Waals surface area contributed by atoms with Gasteiger partial charge in [0.1, 0.15) is 11.6 Å². The Morgan fingerprint density at radius 3 is 2.62 bits per heavy atom. The Labute approximate surface area is 164 Å². The van der Waals surface area contributed by atoms with Gasteiger partial charge in [-0.25, -0.2) is 4.98 Å². The summed E-state index contributed by atoms with van der Waals surface area (Å²) in [7, 11) is 0. The van der Waals surface area contributed by atoms with Gasteiger partial charge in [0.25, 0.3) is 5.91 Å². The number of amides is 1. The zero-order valence-corrected chi connectivity index (χ0v) is 16.4. The standard InChI is InChI=1S/C18H16BrClN4O2/c1-10(26-16-8-5-13(20)9-15(16)19)18(25)22-14-6-3-12(4-7-14)17-21-11(2)23-24-17/h3-10H,1-2H3,(H,22,25)(H,21,23,24). The second-order valence-electron chi connectivity index (χ2n) is 5.65. The second-order valence-corrected chi connectivity index (χ2v) is 6.94. The number of aromatic amines is 1. The first-order chi connectivity index (χ1) is 12.4. The van der Waals surface area contributed by atoms with Gasteiger partial charge < -0.3 is 10.1 Å². The predicted molar refractivity (Wildman–Crippen MR) is 104 cm³/mol. The van der Waals surface area contributed by atoms with E-state index in [0.717, 1.165) is 11.4 Å². The van der Waals surface area contributed by atoms with E-state index in [1.54, 1.807) is 37.3 Å². The molecule has 0 radical (unpaired) electrons. The normalized spacial score (nSPS) is 11.8. The molecule has 26 heavy (non-hydrogen) atoms. The number of anilines is 1. The van der Waals surface area contributed by atoms with Gasteiger partial charge in [0.05, 0.1) is 4.47 Å². The van der Waals surface area contributed by atoms with E-state index in [1.165, 1.54) is 0 Å². The fourth-order valence-electron chi connectivity index (χ4n) is 2.23. The Balaban J connectivity index is 1.63. The quantitative estimate of drug-likeness (QED) is 0.614. The molecular formula is C18H16BrClN4O2. The molecule has 6 nitrogen and oxygen atoms in total. The molecule has 1 aromatic heterocycles. The van der Waals surface area contributed by atoms with Crippen LogP contribution in [-0.4, -0.2) is 27.2 Å². The maximum Gasteiger partial charge on any atom is 0.265 e. The molecule has 0 fully saturated rings. The Hall–Kier alpha value is -2.38. The second kappa shape index (κ2) is 7.88. The summed E-state index contributed by atoms with van der Waals surface area (Å²) in [6, 6.07) is 12.4. The van der Waals surface area contributed by atoms with Gasteiger partial charge in [-0.05, 0) is 72.2 Å². The van der Waals surface area contributed by atoms with E-state index >= 15 is 0 Å². The molecule has 8 heteroatoms. The van der Waals surface area contributed by atoms with Gasteiger partial charge >= 0.3 is 0 Å². The molecule has 0 bridgehead atoms. The van der Waals surface area contributed by atoms with Crippen LogP contribution in [0.15, 0.2) is 46.9 Å². The zero-order valence-electron chi connectivity index (χ0n) is 14.1. The van der Waals surface area contributed by atoms with Crippen LogP contribution in [0.25, 0.3) is 11.4 Å². The molecule has 0 saturated heterocycles. The van der Waals surface area contributed by atoms with E-state index in [0.29, 0.717) is 26.8 Å². The number of nitrogens with zero attached hydrogens (tertiary/aromatic N) is 2. The lowest BCUT2D eigenvalue weighted by molar-refractivity contribution is -0.122. The first kappa shape index (κ1) is 18.4. The number of nitrogens with one attached hydrogen (secondary N) is 2. The molecule has 1 unspecified atom stereocenters. The number of hydrogen-bond donors (Lipinski definition) is 2. The summed E-state index contributed by atoms with van der Waals surface area (Å²) in [6.45, 7) is 3.52. The number of benzene rings is 2. The van der Waals surface area contributed by atoms with Crippen molar-refractivity contribution in [3.63, 3.8) is 0 Å². The fraction of sp³-hybridized carbons (Fsp3) is 0.167. The number of hydrogen-bond acceptors (Lipinski definition) is 4. The van der Waals surface area contributed by atoms with Crippen molar-refractivity contribution in [1.82, 2.24) is 15.2 Å². The van der Waals surface area contributed by atoms with Crippen LogP contribution >= 0.6 is 27.5 Å². The van der Waals surface area contributed by atoms with E-state index in [-0.39, 0.29) is 5.91 Å². The highest BCUT2D eigenvalue weighted by atomic mass is 79.9. The molecule has 0 aliphatic heterocycles. The summed E-state index contributed by atoms with van der Waals surface area (Å²) in [4.78, 5) is 16.6. The van der Waals surface area contributed by atoms with E-state index in [1.807, 2.05) is 19.1 Å². The van der Waals surface area contributed by atoms with Gasteiger partial charge in [-0.1, -0.05) is 11.6 Å². The van der Waals surface area contributed by atoms with Crippen molar-refractivity contribution in [2.24, 2.45) is 0 Å². The van der Waals surface area contributed by atoms with Gasteiger partial charge in [-0.2, -0.15) is 5.10 Å². The molecule has 134 valence electrons. The molecule has 1 amide bonds. The third-order valence-corrected chi connectivity index (χ3v) is 4.43. The van der Waals surface area contributed by atoms with Crippen LogP contribution in [0.1, 0.15) is 12.7 Å². The lowest BCUT2D eigenvalue weighted by Crippen LogP contribution is -2.30. The van der Waals surface area contributed by atoms with Crippen molar-refractivity contribution >= 4 is 39.1 Å². The number of carbonyl (C=O) groups excluding carboxylic acids is 1. The molecular weight excluding hydrogens is 420 g/mol. The van der Waals surface area contributed by atoms with Crippen molar-refractivity contribution in [2.45, 2.75) is 20.0 Å². The molecule has 3 rings (SSSR count). The van der Waals surface area contributed by atoms with Crippen LogP contribution < -0.4 is 10.1 Å². The van der Waals surface area contributed by atoms with Crippen LogP contribution in [-0.2, 0) is 4.79 Å². The van der Waals surface area contributed by atoms with Crippen molar-refractivity contribution in [3.05, 3.63) is 57.8 Å². The lowest BCUT2D eigenvalue weighted by atomic mass is 10.2. The van der Waals surface area contributed by atoms with Crippen LogP contribution in [0, 0.1) is 6.92 Å². The Morgan fingerprint density at radius 2 is 2.00 bits per heavy atom. The van der Waals surface area contributed by atoms with Crippen molar-refractivity contribution in [2.75, 3.05) is 5.32 Å². The van der Waals surface area contributed by atoms with Crippen molar-refractivity contribution in [1.29, 1.82) is 0 Å². The zero-order chi connectivity index (χ0) is 18.7. The van der Waals surface area contributed by atoms with Crippen LogP contribution in [0.3, 0.4) is 0 Å². The molecule has 2 aromatic carbocycles. The average Bonchev–Trinajstić information content (AvgIpc) is 3.04. The SMILES string of the molecule is Cc1nc(-c2ccc(NC(=O)C(C)Oc3ccc(Cl)cc3Br)cc2)n[nH]1. The van der Waals surface area contributed by atoms with Crippen LogP contribution in [0.5, 0.6) is 5.75 Å². The number of ether oxygens (including phenoxy) is 1. The minimum absolute atomic E-state index is 0.256. The maximum absolute atomic E-state index is 12.3. The molecule has 0 aliphatic carbocycles. The number of aromatic nitrogens is 3. The molecule has 0 saturated carbocycles. The molecule has 1 heterocycles. The number of carbonyl (C=O) groups is 1. The molecule has 2 N–H and O–H groups in total. The van der Waals surface area contributed by atoms with E-state index in [2.05, 4.69) is 36.4 Å². The lowest BCUT2D eigenvalue weighted by Gasteiger charge is -2.16. The highest BCUT2D eigenvalue weighted by molar-refractivity contribution is 9.10. The van der Waals surface area contributed by atoms with E-state index < -0.39 is 6.10 Å². The Morgan fingerprint density at radius 1 is 1.27 bits per heavy atom. The van der Waals surface area contributed by atoms with Gasteiger partial charge in [0.2, 0.25) is 0 Å². The van der Waals surface area contributed by atoms with E-state index in [4.69, 9.17) is 16.3 Å². The third-order valence-electron chi connectivity index (χ3n) is 3.57. The first-order valence-electron chi connectivity index (χ1n) is 7.84. The van der Waals surface area contributed by atoms with Gasteiger partial charge in [0.15, 0.2) is 11.9 Å². The summed E-state index contributed by atoms with van der Waals surface area (Å²) in [5, 5.41) is 10.3. The summed E-state index contributed by atoms with van der Waals surface area (Å²) < 4.78 is 6.38.